The van der Waals surface area contributed by atoms with Crippen LogP contribution in [0.15, 0.2) is 58.0 Å². The Kier molecular flexibility index (Phi) is 5.81. The van der Waals surface area contributed by atoms with Crippen molar-refractivity contribution in [1.82, 2.24) is 15.4 Å². The van der Waals surface area contributed by atoms with Gasteiger partial charge in [0, 0.05) is 18.7 Å². The Labute approximate surface area is 198 Å². The van der Waals surface area contributed by atoms with Gasteiger partial charge in [0.1, 0.15) is 17.0 Å². The first-order valence-electron chi connectivity index (χ1n) is 10.5. The molecule has 2 aromatic carbocycles. The van der Waals surface area contributed by atoms with Gasteiger partial charge in [-0.2, -0.15) is 0 Å². The first kappa shape index (κ1) is 21.8. The topological polar surface area (TPSA) is 111 Å². The monoisotopic (exact) mass is 477 g/mol. The maximum Gasteiger partial charge on any atom is 0.293 e. The Hall–Kier alpha value is -4.05. The minimum atomic E-state index is -0.409. The minimum absolute atomic E-state index is 0.0416. The van der Waals surface area contributed by atoms with Crippen LogP contribution in [0.2, 0.25) is 0 Å². The Morgan fingerprint density at radius 3 is 2.76 bits per heavy atom. The van der Waals surface area contributed by atoms with Crippen molar-refractivity contribution in [3.8, 4) is 22.8 Å². The summed E-state index contributed by atoms with van der Waals surface area (Å²) in [6, 6.07) is 14.5. The second-order valence-corrected chi connectivity index (χ2v) is 8.52. The van der Waals surface area contributed by atoms with Gasteiger partial charge in [-0.15, -0.1) is 0 Å². The van der Waals surface area contributed by atoms with Crippen molar-refractivity contribution in [2.75, 3.05) is 19.9 Å². The smallest absolute Gasteiger partial charge is 0.293 e. The number of benzene rings is 2. The Bertz CT molecular complexity index is 1320. The standard InChI is InChI=1S/C24H19N3O6S/c1-14-20(21(26-33-14)16-5-3-2-4-6-16)22(28)25-9-10-27-23(29)19(34-24(27)30)12-15-7-8-17-18(11-15)32-13-31-17/h2-8,11-12H,9-10,13H2,1H3,(H,25,28)/b19-12-. The number of amides is 3. The lowest BCUT2D eigenvalue weighted by atomic mass is 10.1. The average molecular weight is 477 g/mol. The molecule has 9 nitrogen and oxygen atoms in total. The zero-order valence-corrected chi connectivity index (χ0v) is 18.9. The lowest BCUT2D eigenvalue weighted by Crippen LogP contribution is -2.37. The number of carbonyl (C=O) groups excluding carboxylic acids is 3. The molecule has 0 unspecified atom stereocenters. The number of imide groups is 1. The highest BCUT2D eigenvalue weighted by Gasteiger charge is 2.35. The number of ether oxygens (including phenoxy) is 2. The molecule has 0 aliphatic carbocycles. The zero-order valence-electron chi connectivity index (χ0n) is 18.1. The van der Waals surface area contributed by atoms with Gasteiger partial charge in [0.15, 0.2) is 11.5 Å². The van der Waals surface area contributed by atoms with E-state index in [9.17, 15) is 14.4 Å². The fraction of sp³-hybridized carbons (Fsp3) is 0.167. The van der Waals surface area contributed by atoms with Crippen molar-refractivity contribution in [3.63, 3.8) is 0 Å². The van der Waals surface area contributed by atoms with Crippen LogP contribution in [-0.4, -0.2) is 47.0 Å². The third kappa shape index (κ3) is 4.15. The van der Waals surface area contributed by atoms with E-state index >= 15 is 0 Å². The number of rotatable bonds is 6. The molecule has 172 valence electrons. The Morgan fingerprint density at radius 2 is 1.94 bits per heavy atom. The molecule has 2 aliphatic heterocycles. The van der Waals surface area contributed by atoms with Gasteiger partial charge in [0.25, 0.3) is 17.1 Å². The van der Waals surface area contributed by atoms with Crippen molar-refractivity contribution < 1.29 is 28.4 Å². The molecule has 3 amide bonds. The van der Waals surface area contributed by atoms with Gasteiger partial charge in [-0.25, -0.2) is 0 Å². The number of aromatic nitrogens is 1. The summed E-state index contributed by atoms with van der Waals surface area (Å²) in [5.74, 6) is 0.816. The molecule has 3 aromatic rings. The van der Waals surface area contributed by atoms with E-state index in [0.717, 1.165) is 27.8 Å². The minimum Gasteiger partial charge on any atom is -0.454 e. The molecular weight excluding hydrogens is 458 g/mol. The molecule has 1 saturated heterocycles. The predicted molar refractivity (Wildman–Crippen MR) is 124 cm³/mol. The summed E-state index contributed by atoms with van der Waals surface area (Å²) >= 11 is 0.857. The molecule has 0 saturated carbocycles. The maximum absolute atomic E-state index is 12.8. The highest BCUT2D eigenvalue weighted by molar-refractivity contribution is 8.18. The highest BCUT2D eigenvalue weighted by Crippen LogP contribution is 2.36. The molecule has 1 N–H and O–H groups in total. The van der Waals surface area contributed by atoms with Crippen LogP contribution in [0.5, 0.6) is 11.5 Å². The lowest BCUT2D eigenvalue weighted by molar-refractivity contribution is -0.122. The summed E-state index contributed by atoms with van der Waals surface area (Å²) in [6.45, 7) is 1.95. The molecule has 3 heterocycles. The molecule has 2 aliphatic rings. The predicted octanol–water partition coefficient (Wildman–Crippen LogP) is 3.85. The fourth-order valence-corrected chi connectivity index (χ4v) is 4.51. The SMILES string of the molecule is Cc1onc(-c2ccccc2)c1C(=O)NCCN1C(=O)S/C(=C\c2ccc3c(c2)OCO3)C1=O. The fourth-order valence-electron chi connectivity index (χ4n) is 3.65. The molecule has 0 radical (unpaired) electrons. The quantitative estimate of drug-likeness (QED) is 0.533. The molecule has 5 rings (SSSR count). The van der Waals surface area contributed by atoms with E-state index in [-0.39, 0.29) is 25.8 Å². The number of carbonyl (C=O) groups is 3. The van der Waals surface area contributed by atoms with Crippen molar-refractivity contribution in [2.24, 2.45) is 0 Å². The number of aryl methyl sites for hydroxylation is 1. The van der Waals surface area contributed by atoms with Crippen LogP contribution < -0.4 is 14.8 Å². The van der Waals surface area contributed by atoms with E-state index < -0.39 is 11.1 Å². The summed E-state index contributed by atoms with van der Waals surface area (Å²) in [6.07, 6.45) is 1.64. The van der Waals surface area contributed by atoms with Crippen molar-refractivity contribution in [3.05, 3.63) is 70.3 Å². The van der Waals surface area contributed by atoms with E-state index in [1.807, 2.05) is 30.3 Å². The van der Waals surface area contributed by atoms with E-state index in [2.05, 4.69) is 10.5 Å². The first-order chi connectivity index (χ1) is 16.5. The summed E-state index contributed by atoms with van der Waals surface area (Å²) < 4.78 is 15.9. The van der Waals surface area contributed by atoms with Crippen LogP contribution in [0.3, 0.4) is 0 Å². The molecule has 0 spiro atoms. The van der Waals surface area contributed by atoms with Gasteiger partial charge in [-0.05, 0) is 42.5 Å². The molecule has 1 aromatic heterocycles. The van der Waals surface area contributed by atoms with Crippen molar-refractivity contribution in [1.29, 1.82) is 0 Å². The Morgan fingerprint density at radius 1 is 1.15 bits per heavy atom. The van der Waals surface area contributed by atoms with Crippen molar-refractivity contribution >= 4 is 34.9 Å². The highest BCUT2D eigenvalue weighted by atomic mass is 32.2. The largest absolute Gasteiger partial charge is 0.454 e. The number of nitrogens with zero attached hydrogens (tertiary/aromatic N) is 2. The average Bonchev–Trinajstić information content (AvgIpc) is 3.53. The summed E-state index contributed by atoms with van der Waals surface area (Å²) in [4.78, 5) is 39.4. The van der Waals surface area contributed by atoms with Crippen LogP contribution in [0, 0.1) is 6.92 Å². The first-order valence-corrected chi connectivity index (χ1v) is 11.3. The second kappa shape index (κ2) is 9.06. The Balaban J connectivity index is 1.23. The number of nitrogens with one attached hydrogen (secondary N) is 1. The van der Waals surface area contributed by atoms with Gasteiger partial charge in [0.2, 0.25) is 6.79 Å². The van der Waals surface area contributed by atoms with Gasteiger partial charge < -0.3 is 19.3 Å². The van der Waals surface area contributed by atoms with Crippen molar-refractivity contribution in [2.45, 2.75) is 6.92 Å². The van der Waals surface area contributed by atoms with Gasteiger partial charge in [0.05, 0.1) is 4.91 Å². The van der Waals surface area contributed by atoms with E-state index in [1.54, 1.807) is 31.2 Å². The van der Waals surface area contributed by atoms with Crippen LogP contribution in [-0.2, 0) is 4.79 Å². The molecule has 0 atom stereocenters. The van der Waals surface area contributed by atoms with Crippen LogP contribution in [0.25, 0.3) is 17.3 Å². The number of fused-ring (bicyclic) bond motifs is 1. The molecule has 34 heavy (non-hydrogen) atoms. The van der Waals surface area contributed by atoms with Gasteiger partial charge >= 0.3 is 0 Å². The van der Waals surface area contributed by atoms with Crippen LogP contribution >= 0.6 is 11.8 Å². The lowest BCUT2D eigenvalue weighted by Gasteiger charge is -2.13. The normalized spacial score (nSPS) is 15.9. The molecule has 0 bridgehead atoms. The molecule has 10 heteroatoms. The van der Waals surface area contributed by atoms with E-state index in [1.165, 1.54) is 0 Å². The number of hydrogen-bond donors (Lipinski definition) is 1. The van der Waals surface area contributed by atoms with Crippen LogP contribution in [0.4, 0.5) is 4.79 Å². The summed E-state index contributed by atoms with van der Waals surface area (Å²) in [5.41, 5.74) is 2.24. The van der Waals surface area contributed by atoms with Crippen LogP contribution in [0.1, 0.15) is 21.7 Å². The third-order valence-electron chi connectivity index (χ3n) is 5.33. The van der Waals surface area contributed by atoms with Gasteiger partial charge in [-0.1, -0.05) is 41.6 Å². The number of thioether (sulfide) groups is 1. The zero-order chi connectivity index (χ0) is 23.7. The summed E-state index contributed by atoms with van der Waals surface area (Å²) in [7, 11) is 0. The molecular formula is C24H19N3O6S. The van der Waals surface area contributed by atoms with E-state index in [4.69, 9.17) is 14.0 Å². The van der Waals surface area contributed by atoms with Gasteiger partial charge in [-0.3, -0.25) is 19.3 Å². The third-order valence-corrected chi connectivity index (χ3v) is 6.23. The second-order valence-electron chi connectivity index (χ2n) is 7.53. The summed E-state index contributed by atoms with van der Waals surface area (Å²) in [5, 5.41) is 6.37. The molecule has 1 fully saturated rings. The van der Waals surface area contributed by atoms with E-state index in [0.29, 0.717) is 33.4 Å². The maximum atomic E-state index is 12.8. The number of hydrogen-bond acceptors (Lipinski definition) is 8.